The van der Waals surface area contributed by atoms with Crippen LogP contribution in [0.1, 0.15) is 30.9 Å². The maximum Gasteiger partial charge on any atom is 0.246 e. The number of ether oxygens (including phenoxy) is 1. The quantitative estimate of drug-likeness (QED) is 0.704. The van der Waals surface area contributed by atoms with Gasteiger partial charge in [-0.1, -0.05) is 17.4 Å². The van der Waals surface area contributed by atoms with E-state index in [0.29, 0.717) is 5.13 Å². The molecule has 2 aromatic heterocycles. The molecule has 8 nitrogen and oxygen atoms in total. The van der Waals surface area contributed by atoms with Gasteiger partial charge in [-0.3, -0.25) is 14.9 Å². The van der Waals surface area contributed by atoms with Crippen molar-refractivity contribution in [2.45, 2.75) is 32.4 Å². The Morgan fingerprint density at radius 2 is 2.19 bits per heavy atom. The summed E-state index contributed by atoms with van der Waals surface area (Å²) in [6.45, 7) is 2.35. The van der Waals surface area contributed by atoms with Crippen molar-refractivity contribution in [1.29, 1.82) is 0 Å². The van der Waals surface area contributed by atoms with Gasteiger partial charge in [0.05, 0.1) is 11.2 Å². The molecule has 1 atom stereocenters. The molecule has 0 unspecified atom stereocenters. The molecule has 4 rings (SSSR count). The highest BCUT2D eigenvalue weighted by Gasteiger charge is 2.22. The SMILES string of the molecule is CC(=O)Nc1cccc2c1ccn2CC(=O)Nc1nnc([C@H]2CCCO2)s1. The fourth-order valence-corrected chi connectivity index (χ4v) is 4.00. The normalized spacial score (nSPS) is 16.6. The number of rotatable bonds is 5. The first kappa shape index (κ1) is 17.6. The minimum Gasteiger partial charge on any atom is -0.371 e. The number of carbonyl (C=O) groups is 2. The molecule has 0 spiro atoms. The molecular weight excluding hydrogens is 366 g/mol. The molecule has 1 fully saturated rings. The van der Waals surface area contributed by atoms with Crippen molar-refractivity contribution in [2.75, 3.05) is 17.2 Å². The van der Waals surface area contributed by atoms with Crippen LogP contribution >= 0.6 is 11.3 Å². The average Bonchev–Trinajstić information content (AvgIpc) is 3.35. The van der Waals surface area contributed by atoms with Gasteiger partial charge in [0.15, 0.2) is 0 Å². The lowest BCUT2D eigenvalue weighted by molar-refractivity contribution is -0.116. The van der Waals surface area contributed by atoms with Gasteiger partial charge in [-0.05, 0) is 31.0 Å². The number of anilines is 2. The Hall–Kier alpha value is -2.78. The lowest BCUT2D eigenvalue weighted by atomic mass is 10.2. The summed E-state index contributed by atoms with van der Waals surface area (Å²) in [5.74, 6) is -0.321. The molecule has 0 radical (unpaired) electrons. The lowest BCUT2D eigenvalue weighted by Crippen LogP contribution is -2.18. The molecule has 2 N–H and O–H groups in total. The summed E-state index contributed by atoms with van der Waals surface area (Å²) < 4.78 is 7.42. The smallest absolute Gasteiger partial charge is 0.246 e. The molecule has 0 bridgehead atoms. The first-order valence-corrected chi connectivity index (χ1v) is 9.52. The van der Waals surface area contributed by atoms with Crippen LogP contribution in [-0.4, -0.2) is 33.2 Å². The highest BCUT2D eigenvalue weighted by Crippen LogP contribution is 2.32. The van der Waals surface area contributed by atoms with Gasteiger partial charge >= 0.3 is 0 Å². The van der Waals surface area contributed by atoms with E-state index in [2.05, 4.69) is 20.8 Å². The molecule has 9 heteroatoms. The van der Waals surface area contributed by atoms with Gasteiger partial charge in [0.25, 0.3) is 0 Å². The molecule has 3 aromatic rings. The minimum atomic E-state index is -0.188. The molecular formula is C18H19N5O3S. The highest BCUT2D eigenvalue weighted by molar-refractivity contribution is 7.15. The highest BCUT2D eigenvalue weighted by atomic mass is 32.1. The van der Waals surface area contributed by atoms with Gasteiger partial charge in [-0.15, -0.1) is 10.2 Å². The molecule has 0 aliphatic carbocycles. The van der Waals surface area contributed by atoms with Crippen LogP contribution in [0.25, 0.3) is 10.9 Å². The molecule has 2 amide bonds. The predicted octanol–water partition coefficient (Wildman–Crippen LogP) is 2.94. The Bertz CT molecular complexity index is 990. The first-order chi connectivity index (χ1) is 13.1. The number of carbonyl (C=O) groups excluding carboxylic acids is 2. The van der Waals surface area contributed by atoms with Crippen LogP contribution in [0, 0.1) is 0 Å². The number of hydrogen-bond acceptors (Lipinski definition) is 6. The monoisotopic (exact) mass is 385 g/mol. The number of aromatic nitrogens is 3. The summed E-state index contributed by atoms with van der Waals surface area (Å²) in [4.78, 5) is 23.8. The van der Waals surface area contributed by atoms with Gasteiger partial charge in [0, 0.05) is 25.1 Å². The summed E-state index contributed by atoms with van der Waals surface area (Å²) in [5.41, 5.74) is 1.60. The van der Waals surface area contributed by atoms with Gasteiger partial charge < -0.3 is 14.6 Å². The van der Waals surface area contributed by atoms with E-state index >= 15 is 0 Å². The van der Waals surface area contributed by atoms with Crippen molar-refractivity contribution >= 4 is 44.9 Å². The van der Waals surface area contributed by atoms with Crippen LogP contribution in [-0.2, 0) is 20.9 Å². The second-order valence-electron chi connectivity index (χ2n) is 6.36. The summed E-state index contributed by atoms with van der Waals surface area (Å²) >= 11 is 1.35. The van der Waals surface area contributed by atoms with E-state index in [4.69, 9.17) is 4.74 Å². The van der Waals surface area contributed by atoms with Gasteiger partial charge in [-0.25, -0.2) is 0 Å². The maximum absolute atomic E-state index is 12.4. The third kappa shape index (κ3) is 3.83. The average molecular weight is 385 g/mol. The minimum absolute atomic E-state index is 0.00579. The lowest BCUT2D eigenvalue weighted by Gasteiger charge is -2.07. The van der Waals surface area contributed by atoms with Crippen molar-refractivity contribution in [3.63, 3.8) is 0 Å². The van der Waals surface area contributed by atoms with E-state index in [1.165, 1.54) is 18.3 Å². The Morgan fingerprint density at radius 3 is 2.96 bits per heavy atom. The molecule has 1 aliphatic rings. The van der Waals surface area contributed by atoms with E-state index in [0.717, 1.165) is 41.0 Å². The topological polar surface area (TPSA) is 98.1 Å². The molecule has 0 saturated carbocycles. The standard InChI is InChI=1S/C18H19N5O3S/c1-11(24)19-13-4-2-5-14-12(13)7-8-23(14)10-16(25)20-18-22-21-17(27-18)15-6-3-9-26-15/h2,4-5,7-8,15H,3,6,9-10H2,1H3,(H,19,24)(H,20,22,25)/t15-/m1/s1. The second-order valence-corrected chi connectivity index (χ2v) is 7.37. The van der Waals surface area contributed by atoms with E-state index in [1.807, 2.05) is 35.0 Å². The summed E-state index contributed by atoms with van der Waals surface area (Å²) in [5, 5.41) is 15.9. The zero-order chi connectivity index (χ0) is 18.8. The van der Waals surface area contributed by atoms with Gasteiger partial charge in [-0.2, -0.15) is 0 Å². The number of hydrogen-bond donors (Lipinski definition) is 2. The third-order valence-electron chi connectivity index (χ3n) is 4.33. The van der Waals surface area contributed by atoms with E-state index in [1.54, 1.807) is 0 Å². The Balaban J connectivity index is 1.46. The van der Waals surface area contributed by atoms with Crippen LogP contribution in [0.3, 0.4) is 0 Å². The number of benzene rings is 1. The van der Waals surface area contributed by atoms with Crippen LogP contribution in [0.4, 0.5) is 10.8 Å². The first-order valence-electron chi connectivity index (χ1n) is 8.70. The Labute approximate surface area is 159 Å². The summed E-state index contributed by atoms with van der Waals surface area (Å²) in [6, 6.07) is 7.48. The van der Waals surface area contributed by atoms with Gasteiger partial charge in [0.1, 0.15) is 17.7 Å². The Kier molecular flexibility index (Phi) is 4.87. The number of amides is 2. The molecule has 1 aliphatic heterocycles. The van der Waals surface area contributed by atoms with E-state index in [9.17, 15) is 9.59 Å². The zero-order valence-electron chi connectivity index (χ0n) is 14.8. The Morgan fingerprint density at radius 1 is 1.30 bits per heavy atom. The second kappa shape index (κ2) is 7.45. The number of fused-ring (bicyclic) bond motifs is 1. The number of nitrogens with one attached hydrogen (secondary N) is 2. The van der Waals surface area contributed by atoms with E-state index < -0.39 is 0 Å². The summed E-state index contributed by atoms with van der Waals surface area (Å²) in [7, 11) is 0. The van der Waals surface area contributed by atoms with Crippen molar-refractivity contribution in [1.82, 2.24) is 14.8 Å². The zero-order valence-corrected chi connectivity index (χ0v) is 15.6. The largest absolute Gasteiger partial charge is 0.371 e. The van der Waals surface area contributed by atoms with Crippen LogP contribution in [0.5, 0.6) is 0 Å². The fourth-order valence-electron chi connectivity index (χ4n) is 3.16. The number of nitrogens with zero attached hydrogens (tertiary/aromatic N) is 3. The van der Waals surface area contributed by atoms with Crippen LogP contribution in [0.2, 0.25) is 0 Å². The fraction of sp³-hybridized carbons (Fsp3) is 0.333. The molecule has 140 valence electrons. The van der Waals surface area contributed by atoms with E-state index in [-0.39, 0.29) is 24.5 Å². The predicted molar refractivity (Wildman–Crippen MR) is 103 cm³/mol. The van der Waals surface area contributed by atoms with Crippen molar-refractivity contribution in [3.05, 3.63) is 35.5 Å². The maximum atomic E-state index is 12.4. The van der Waals surface area contributed by atoms with Crippen LogP contribution in [0.15, 0.2) is 30.5 Å². The third-order valence-corrected chi connectivity index (χ3v) is 5.26. The molecule has 1 aromatic carbocycles. The van der Waals surface area contributed by atoms with Gasteiger partial charge in [0.2, 0.25) is 16.9 Å². The summed E-state index contributed by atoms with van der Waals surface area (Å²) in [6.07, 6.45) is 3.78. The van der Waals surface area contributed by atoms with Crippen molar-refractivity contribution in [3.8, 4) is 0 Å². The van der Waals surface area contributed by atoms with Crippen molar-refractivity contribution in [2.24, 2.45) is 0 Å². The van der Waals surface area contributed by atoms with Crippen molar-refractivity contribution < 1.29 is 14.3 Å². The molecule has 27 heavy (non-hydrogen) atoms. The molecule has 3 heterocycles. The van der Waals surface area contributed by atoms with Crippen LogP contribution < -0.4 is 10.6 Å². The molecule has 1 saturated heterocycles.